The quantitative estimate of drug-likeness (QED) is 0.799. The highest BCUT2D eigenvalue weighted by molar-refractivity contribution is 6.35. The first-order chi connectivity index (χ1) is 11.8. The van der Waals surface area contributed by atoms with E-state index in [1.165, 1.54) is 12.1 Å². The van der Waals surface area contributed by atoms with Gasteiger partial charge in [-0.3, -0.25) is 9.79 Å². The molecule has 0 saturated carbocycles. The molecule has 1 aliphatic rings. The molecule has 2 aromatic carbocycles. The van der Waals surface area contributed by atoms with Gasteiger partial charge in [-0.1, -0.05) is 60.1 Å². The highest BCUT2D eigenvalue weighted by atomic mass is 35.5. The van der Waals surface area contributed by atoms with Crippen molar-refractivity contribution in [1.29, 1.82) is 0 Å². The summed E-state index contributed by atoms with van der Waals surface area (Å²) < 4.78 is 0. The van der Waals surface area contributed by atoms with Crippen LogP contribution in [-0.2, 0) is 15.1 Å². The Labute approximate surface area is 152 Å². The number of amides is 1. The van der Waals surface area contributed by atoms with E-state index in [9.17, 15) is 14.7 Å². The van der Waals surface area contributed by atoms with Crippen molar-refractivity contribution in [3.05, 3.63) is 80.8 Å². The number of primary amides is 1. The maximum atomic E-state index is 12.3. The summed E-state index contributed by atoms with van der Waals surface area (Å²) in [5.74, 6) is -2.13. The van der Waals surface area contributed by atoms with Gasteiger partial charge in [0.2, 0.25) is 11.4 Å². The third-order valence-electron chi connectivity index (χ3n) is 4.03. The summed E-state index contributed by atoms with van der Waals surface area (Å²) in [4.78, 5) is 28.5. The van der Waals surface area contributed by atoms with E-state index in [-0.39, 0.29) is 21.5 Å². The van der Waals surface area contributed by atoms with Crippen LogP contribution in [0.25, 0.3) is 5.57 Å². The Morgan fingerprint density at radius 3 is 2.36 bits per heavy atom. The Balaban J connectivity index is 2.55. The van der Waals surface area contributed by atoms with Gasteiger partial charge in [-0.15, -0.1) is 0 Å². The third kappa shape index (κ3) is 2.52. The Bertz CT molecular complexity index is 1050. The number of carbonyl (C=O) groups is 2. The van der Waals surface area contributed by atoms with Gasteiger partial charge >= 0.3 is 5.97 Å². The van der Waals surface area contributed by atoms with E-state index in [0.717, 1.165) is 0 Å². The van der Waals surface area contributed by atoms with Crippen molar-refractivity contribution in [3.63, 3.8) is 0 Å². The first kappa shape index (κ1) is 17.2. The van der Waals surface area contributed by atoms with Crippen LogP contribution in [0.3, 0.4) is 0 Å². The maximum Gasteiger partial charge on any atom is 0.341 e. The van der Waals surface area contributed by atoms with Gasteiger partial charge in [0, 0.05) is 21.4 Å². The van der Waals surface area contributed by atoms with Crippen LogP contribution >= 0.6 is 23.2 Å². The largest absolute Gasteiger partial charge is 0.479 e. The number of hydrogen-bond acceptors (Lipinski definition) is 3. The van der Waals surface area contributed by atoms with E-state index in [2.05, 4.69) is 11.6 Å². The predicted octanol–water partition coefficient (Wildman–Crippen LogP) is 1.80. The fraction of sp³-hybridized carbons (Fsp3) is 0.0556. The van der Waals surface area contributed by atoms with Gasteiger partial charge in [-0.2, -0.15) is 0 Å². The van der Waals surface area contributed by atoms with Crippen molar-refractivity contribution in [2.75, 3.05) is 0 Å². The lowest BCUT2D eigenvalue weighted by Crippen LogP contribution is -2.38. The van der Waals surface area contributed by atoms with Crippen LogP contribution in [0.5, 0.6) is 0 Å². The number of halogens is 2. The molecule has 0 fully saturated rings. The second-order valence-corrected chi connectivity index (χ2v) is 6.34. The second-order valence-electron chi connectivity index (χ2n) is 5.49. The summed E-state index contributed by atoms with van der Waals surface area (Å²) in [6, 6.07) is 11.3. The van der Waals surface area contributed by atoms with E-state index < -0.39 is 17.4 Å². The minimum absolute atomic E-state index is 0.0513. The smallest absolute Gasteiger partial charge is 0.341 e. The van der Waals surface area contributed by atoms with Crippen LogP contribution in [0.15, 0.2) is 59.6 Å². The molecule has 0 spiro atoms. The fourth-order valence-electron chi connectivity index (χ4n) is 2.97. The monoisotopic (exact) mass is 374 g/mol. The molecule has 5 nitrogen and oxygen atoms in total. The molecule has 1 heterocycles. The molecule has 25 heavy (non-hydrogen) atoms. The van der Waals surface area contributed by atoms with Gasteiger partial charge in [0.05, 0.1) is 10.4 Å². The molecule has 7 heteroatoms. The average Bonchev–Trinajstić information content (AvgIpc) is 2.91. The van der Waals surface area contributed by atoms with Crippen molar-refractivity contribution >= 4 is 40.7 Å². The van der Waals surface area contributed by atoms with Gasteiger partial charge in [-0.05, 0) is 17.7 Å². The average molecular weight is 375 g/mol. The van der Waals surface area contributed by atoms with Gasteiger partial charge in [0.25, 0.3) is 0 Å². The number of fused-ring (bicyclic) bond motifs is 1. The van der Waals surface area contributed by atoms with Gasteiger partial charge in [0.1, 0.15) is 0 Å². The fourth-order valence-corrected chi connectivity index (χ4v) is 3.55. The summed E-state index contributed by atoms with van der Waals surface area (Å²) in [6.45, 7) is 3.68. The number of nitrogens with two attached hydrogens (primary N) is 1. The standard InChI is InChI=1S/C18H12Cl2N2O3/c1-9(16(21)23)15-14-12(20)7-11(19)8-13(14)22-18(15,17(24)25)10-5-3-2-4-6-10/h2-8H,1H2,(H2,21,23)(H,24,25). The minimum atomic E-state index is -1.88. The topological polar surface area (TPSA) is 92.8 Å². The Morgan fingerprint density at radius 2 is 1.80 bits per heavy atom. The molecule has 126 valence electrons. The third-order valence-corrected chi connectivity index (χ3v) is 4.55. The molecule has 1 amide bonds. The van der Waals surface area contributed by atoms with Crippen LogP contribution in [0.4, 0.5) is 0 Å². The molecule has 1 aliphatic heterocycles. The number of nitrogens with zero attached hydrogens (tertiary/aromatic N) is 1. The van der Waals surface area contributed by atoms with E-state index in [0.29, 0.717) is 15.8 Å². The first-order valence-electron chi connectivity index (χ1n) is 7.16. The normalized spacial score (nSPS) is 18.4. The lowest BCUT2D eigenvalue weighted by molar-refractivity contribution is -0.141. The SMILES string of the molecule is C=C(C(N)=O)C1=c2c(Cl)cc(Cl)cc2=NC1(C(=O)O)c1ccccc1. The number of aliphatic carboxylic acids is 1. The molecular weight excluding hydrogens is 363 g/mol. The molecule has 0 aromatic heterocycles. The van der Waals surface area contributed by atoms with Crippen molar-refractivity contribution in [2.24, 2.45) is 10.7 Å². The van der Waals surface area contributed by atoms with E-state index >= 15 is 0 Å². The summed E-state index contributed by atoms with van der Waals surface area (Å²) in [5, 5.41) is 11.1. The Morgan fingerprint density at radius 1 is 1.16 bits per heavy atom. The van der Waals surface area contributed by atoms with Crippen LogP contribution < -0.4 is 16.3 Å². The highest BCUT2D eigenvalue weighted by Gasteiger charge is 2.49. The van der Waals surface area contributed by atoms with Crippen molar-refractivity contribution in [2.45, 2.75) is 5.54 Å². The Hall–Kier alpha value is -2.63. The molecule has 0 radical (unpaired) electrons. The van der Waals surface area contributed by atoms with Crippen LogP contribution in [-0.4, -0.2) is 17.0 Å². The molecule has 1 unspecified atom stereocenters. The zero-order valence-corrected chi connectivity index (χ0v) is 14.3. The van der Waals surface area contributed by atoms with E-state index in [4.69, 9.17) is 28.9 Å². The number of carboxylic acid groups (broad SMARTS) is 1. The molecule has 3 N–H and O–H groups in total. The molecule has 0 aliphatic carbocycles. The number of benzene rings is 2. The molecular formula is C18H12Cl2N2O3. The van der Waals surface area contributed by atoms with Crippen LogP contribution in [0.1, 0.15) is 5.56 Å². The first-order valence-corrected chi connectivity index (χ1v) is 7.92. The molecule has 3 rings (SSSR count). The zero-order chi connectivity index (χ0) is 18.4. The number of hydrogen-bond donors (Lipinski definition) is 2. The maximum absolute atomic E-state index is 12.3. The summed E-state index contributed by atoms with van der Waals surface area (Å²) in [7, 11) is 0. The summed E-state index contributed by atoms with van der Waals surface area (Å²) in [5.41, 5.74) is 3.74. The predicted molar refractivity (Wildman–Crippen MR) is 94.7 cm³/mol. The van der Waals surface area contributed by atoms with Crippen molar-refractivity contribution in [1.82, 2.24) is 0 Å². The minimum Gasteiger partial charge on any atom is -0.479 e. The van der Waals surface area contributed by atoms with Crippen molar-refractivity contribution in [3.8, 4) is 0 Å². The summed E-state index contributed by atoms with van der Waals surface area (Å²) in [6.07, 6.45) is 0. The second kappa shape index (κ2) is 6.02. The highest BCUT2D eigenvalue weighted by Crippen LogP contribution is 2.40. The van der Waals surface area contributed by atoms with Gasteiger partial charge < -0.3 is 10.8 Å². The van der Waals surface area contributed by atoms with Crippen LogP contribution in [0, 0.1) is 0 Å². The van der Waals surface area contributed by atoms with Crippen LogP contribution in [0.2, 0.25) is 10.0 Å². The summed E-state index contributed by atoms with van der Waals surface area (Å²) >= 11 is 12.3. The number of carboxylic acids is 1. The Kier molecular flexibility index (Phi) is 4.14. The zero-order valence-electron chi connectivity index (χ0n) is 12.8. The lowest BCUT2D eigenvalue weighted by atomic mass is 9.80. The lowest BCUT2D eigenvalue weighted by Gasteiger charge is -2.26. The van der Waals surface area contributed by atoms with Gasteiger partial charge in [-0.25, -0.2) is 4.79 Å². The number of rotatable bonds is 4. The molecule has 0 saturated heterocycles. The van der Waals surface area contributed by atoms with E-state index in [1.54, 1.807) is 30.3 Å². The van der Waals surface area contributed by atoms with E-state index in [1.807, 2.05) is 0 Å². The van der Waals surface area contributed by atoms with Gasteiger partial charge in [0.15, 0.2) is 0 Å². The number of carbonyl (C=O) groups excluding carboxylic acids is 1. The molecule has 1 atom stereocenters. The van der Waals surface area contributed by atoms with Crippen molar-refractivity contribution < 1.29 is 14.7 Å². The molecule has 0 bridgehead atoms. The molecule has 2 aromatic rings.